The number of nitrogens with zero attached hydrogens (tertiary/aromatic N) is 3. The third-order valence-electron chi connectivity index (χ3n) is 6.40. The van der Waals surface area contributed by atoms with Crippen LogP contribution in [-0.4, -0.2) is 109 Å². The second-order valence-electron chi connectivity index (χ2n) is 11.1. The molecule has 14 heteroatoms. The number of benzene rings is 1. The van der Waals surface area contributed by atoms with Crippen LogP contribution in [-0.2, 0) is 28.5 Å². The minimum absolute atomic E-state index is 0.0337. The SMILES string of the molecule is CC(C)C[C@H](NC(=O)C(NC(=O)c1cccc(-c2ccccc2)n1)[C@@H](C)O)B(OCC(=O)N(C)C)OC(=O)CC(=O)N(C)C. The van der Waals surface area contributed by atoms with Crippen LogP contribution in [0.2, 0.25) is 0 Å². The molecule has 238 valence electrons. The standard InChI is InChI=1S/C30H42BN5O8/c1-19(2)16-24(31(43-18-26(39)36(6)7)44-27(40)17-25(38)35(4)5)33-30(42)28(20(3)37)34-29(41)23-15-11-14-22(32-23)21-12-9-8-10-13-21/h8-15,19-20,24,28,37H,16-18H2,1-7H3,(H,33,42)(H,34,41)/t20-,24+,28?/m1/s1. The van der Waals surface area contributed by atoms with Gasteiger partial charge in [-0.25, -0.2) is 4.98 Å². The molecular formula is C30H42BN5O8. The first-order valence-corrected chi connectivity index (χ1v) is 14.2. The molecule has 0 bridgehead atoms. The van der Waals surface area contributed by atoms with Gasteiger partial charge in [-0.2, -0.15) is 0 Å². The van der Waals surface area contributed by atoms with Crippen molar-refractivity contribution in [1.82, 2.24) is 25.4 Å². The molecule has 0 aliphatic heterocycles. The van der Waals surface area contributed by atoms with Crippen LogP contribution in [0.3, 0.4) is 0 Å². The molecule has 0 saturated heterocycles. The molecule has 0 radical (unpaired) electrons. The molecule has 3 N–H and O–H groups in total. The highest BCUT2D eigenvalue weighted by Crippen LogP contribution is 2.17. The number of amides is 4. The van der Waals surface area contributed by atoms with E-state index in [1.54, 1.807) is 12.1 Å². The Balaban J connectivity index is 2.29. The van der Waals surface area contributed by atoms with Crippen molar-refractivity contribution in [2.45, 2.75) is 51.7 Å². The monoisotopic (exact) mass is 611 g/mol. The normalized spacial score (nSPS) is 12.8. The van der Waals surface area contributed by atoms with Gasteiger partial charge in [-0.1, -0.05) is 50.2 Å². The molecule has 2 aromatic rings. The van der Waals surface area contributed by atoms with Crippen molar-refractivity contribution in [2.75, 3.05) is 34.8 Å². The molecule has 1 aromatic heterocycles. The van der Waals surface area contributed by atoms with Crippen molar-refractivity contribution >= 4 is 36.7 Å². The van der Waals surface area contributed by atoms with Crippen LogP contribution in [0.1, 0.15) is 44.1 Å². The summed E-state index contributed by atoms with van der Waals surface area (Å²) >= 11 is 0. The van der Waals surface area contributed by atoms with Gasteiger partial charge in [0.15, 0.2) is 0 Å². The Morgan fingerprint density at radius 2 is 1.52 bits per heavy atom. The fourth-order valence-electron chi connectivity index (χ4n) is 3.94. The average molecular weight is 612 g/mol. The molecule has 2 rings (SSSR count). The predicted molar refractivity (Wildman–Crippen MR) is 164 cm³/mol. The smallest absolute Gasteiger partial charge is 0.508 e. The largest absolute Gasteiger partial charge is 0.551 e. The average Bonchev–Trinajstić information content (AvgIpc) is 2.97. The second kappa shape index (κ2) is 17.1. The summed E-state index contributed by atoms with van der Waals surface area (Å²) in [4.78, 5) is 70.5. The van der Waals surface area contributed by atoms with E-state index in [1.807, 2.05) is 44.2 Å². The number of aromatic nitrogens is 1. The molecule has 1 aromatic carbocycles. The summed E-state index contributed by atoms with van der Waals surface area (Å²) in [6.07, 6.45) is -1.69. The van der Waals surface area contributed by atoms with Crippen molar-refractivity contribution in [3.05, 3.63) is 54.2 Å². The number of hydrogen-bond donors (Lipinski definition) is 3. The first-order valence-electron chi connectivity index (χ1n) is 14.2. The highest BCUT2D eigenvalue weighted by Gasteiger charge is 2.39. The van der Waals surface area contributed by atoms with E-state index < -0.39 is 67.8 Å². The van der Waals surface area contributed by atoms with Gasteiger partial charge in [0.1, 0.15) is 24.8 Å². The van der Waals surface area contributed by atoms with Gasteiger partial charge < -0.3 is 34.8 Å². The maximum atomic E-state index is 13.5. The minimum Gasteiger partial charge on any atom is -0.508 e. The van der Waals surface area contributed by atoms with Gasteiger partial charge in [-0.3, -0.25) is 24.0 Å². The van der Waals surface area contributed by atoms with Crippen LogP contribution in [0.4, 0.5) is 0 Å². The molecular weight excluding hydrogens is 569 g/mol. The van der Waals surface area contributed by atoms with E-state index in [2.05, 4.69) is 15.6 Å². The molecule has 44 heavy (non-hydrogen) atoms. The summed E-state index contributed by atoms with van der Waals surface area (Å²) in [5.41, 5.74) is 1.38. The van der Waals surface area contributed by atoms with E-state index in [1.165, 1.54) is 51.0 Å². The van der Waals surface area contributed by atoms with Gasteiger partial charge in [0, 0.05) is 33.8 Å². The molecule has 3 atom stereocenters. The molecule has 0 spiro atoms. The first kappa shape index (κ1) is 35.9. The van der Waals surface area contributed by atoms with Gasteiger partial charge in [0.25, 0.3) is 11.9 Å². The van der Waals surface area contributed by atoms with Crippen molar-refractivity contribution < 1.29 is 38.4 Å². The van der Waals surface area contributed by atoms with Crippen molar-refractivity contribution in [2.24, 2.45) is 5.92 Å². The van der Waals surface area contributed by atoms with Crippen molar-refractivity contribution in [3.8, 4) is 11.3 Å². The van der Waals surface area contributed by atoms with Crippen LogP contribution in [0.15, 0.2) is 48.5 Å². The topological polar surface area (TPSA) is 167 Å². The molecule has 0 aliphatic rings. The molecule has 0 aliphatic carbocycles. The summed E-state index contributed by atoms with van der Waals surface area (Å²) in [5.74, 6) is -4.39. The second-order valence-corrected chi connectivity index (χ2v) is 11.1. The molecule has 1 unspecified atom stereocenters. The van der Waals surface area contributed by atoms with E-state index in [0.717, 1.165) is 5.56 Å². The number of aliphatic hydroxyl groups is 1. The molecule has 1 heterocycles. The van der Waals surface area contributed by atoms with Crippen LogP contribution in [0, 0.1) is 5.92 Å². The number of carbonyl (C=O) groups is 5. The van der Waals surface area contributed by atoms with Gasteiger partial charge in [0.05, 0.1) is 17.7 Å². The fraction of sp³-hybridized carbons (Fsp3) is 0.467. The molecule has 4 amide bonds. The highest BCUT2D eigenvalue weighted by molar-refractivity contribution is 6.49. The Morgan fingerprint density at radius 3 is 2.09 bits per heavy atom. The van der Waals surface area contributed by atoms with Crippen molar-refractivity contribution in [1.29, 1.82) is 0 Å². The van der Waals surface area contributed by atoms with Gasteiger partial charge >= 0.3 is 7.12 Å². The van der Waals surface area contributed by atoms with Crippen LogP contribution < -0.4 is 10.6 Å². The fourth-order valence-corrected chi connectivity index (χ4v) is 3.94. The summed E-state index contributed by atoms with van der Waals surface area (Å²) < 4.78 is 11.1. The Labute approximate surface area is 258 Å². The van der Waals surface area contributed by atoms with Gasteiger partial charge in [-0.05, 0) is 31.4 Å². The Hall–Kier alpha value is -4.30. The lowest BCUT2D eigenvalue weighted by Crippen LogP contribution is -2.59. The third-order valence-corrected chi connectivity index (χ3v) is 6.40. The van der Waals surface area contributed by atoms with E-state index in [9.17, 15) is 29.1 Å². The highest BCUT2D eigenvalue weighted by atomic mass is 16.6. The number of carbonyl (C=O) groups excluding carboxylic acids is 5. The van der Waals surface area contributed by atoms with Crippen LogP contribution in [0.25, 0.3) is 11.3 Å². The maximum absolute atomic E-state index is 13.5. The zero-order valence-electron chi connectivity index (χ0n) is 26.3. The summed E-state index contributed by atoms with van der Waals surface area (Å²) in [5, 5.41) is 15.7. The van der Waals surface area contributed by atoms with E-state index in [4.69, 9.17) is 9.31 Å². The summed E-state index contributed by atoms with van der Waals surface area (Å²) in [6, 6.07) is 12.7. The van der Waals surface area contributed by atoms with Gasteiger partial charge in [0.2, 0.25) is 17.7 Å². The Bertz CT molecular complexity index is 1290. The maximum Gasteiger partial charge on any atom is 0.551 e. The van der Waals surface area contributed by atoms with Crippen LogP contribution in [0.5, 0.6) is 0 Å². The van der Waals surface area contributed by atoms with E-state index in [0.29, 0.717) is 5.69 Å². The summed E-state index contributed by atoms with van der Waals surface area (Å²) in [6.45, 7) is 4.58. The summed E-state index contributed by atoms with van der Waals surface area (Å²) in [7, 11) is 4.56. The predicted octanol–water partition coefficient (Wildman–Crippen LogP) is 0.912. The molecule has 0 fully saturated rings. The lowest BCUT2D eigenvalue weighted by Gasteiger charge is -2.28. The number of rotatable bonds is 15. The van der Waals surface area contributed by atoms with E-state index >= 15 is 0 Å². The van der Waals surface area contributed by atoms with Gasteiger partial charge in [-0.15, -0.1) is 0 Å². The number of aliphatic hydroxyl groups excluding tert-OH is 1. The lowest BCUT2D eigenvalue weighted by molar-refractivity contribution is -0.144. The lowest BCUT2D eigenvalue weighted by atomic mass is 9.73. The number of pyridine rings is 1. The zero-order valence-corrected chi connectivity index (χ0v) is 26.3. The van der Waals surface area contributed by atoms with Crippen molar-refractivity contribution in [3.63, 3.8) is 0 Å². The minimum atomic E-state index is -1.46. The zero-order chi connectivity index (χ0) is 33.0. The van der Waals surface area contributed by atoms with E-state index in [-0.39, 0.29) is 18.0 Å². The first-order chi connectivity index (χ1) is 20.7. The molecule has 0 saturated carbocycles. The Kier molecular flexibility index (Phi) is 14.0. The third kappa shape index (κ3) is 11.4. The number of hydrogen-bond acceptors (Lipinski definition) is 9. The quantitative estimate of drug-likeness (QED) is 0.196. The Morgan fingerprint density at radius 1 is 0.886 bits per heavy atom. The van der Waals surface area contributed by atoms with Crippen LogP contribution >= 0.6 is 0 Å². The number of likely N-dealkylation sites (N-methyl/N-ethyl adjacent to an activating group) is 1. The molecule has 13 nitrogen and oxygen atoms in total. The number of nitrogens with one attached hydrogen (secondary N) is 2.